The maximum absolute atomic E-state index is 14.3. The number of hydrogen-bond donors (Lipinski definition) is 2. The lowest BCUT2D eigenvalue weighted by molar-refractivity contribution is 0.107. The first-order valence-electron chi connectivity index (χ1n) is 13.6. The molecule has 0 bridgehead atoms. The van der Waals surface area contributed by atoms with Crippen LogP contribution >= 0.6 is 23.1 Å². The largest absolute Gasteiger partial charge is 0.461 e. The van der Waals surface area contributed by atoms with Gasteiger partial charge >= 0.3 is 11.7 Å². The number of nitrogen functional groups attached to an aromatic ring is 1. The molecule has 11 nitrogen and oxygen atoms in total. The Labute approximate surface area is 240 Å². The molecule has 4 fully saturated rings. The highest BCUT2D eigenvalue weighted by atomic mass is 32.2. The van der Waals surface area contributed by atoms with Crippen molar-refractivity contribution >= 4 is 40.0 Å². The standard InChI is InChI=1S/C26H30FN9O2S2/c1-30-26(4-5-26)36(7-8-37)22-31-21(32-23(33-22)38-15-24-3-2-6-35(24)11-16(27)9-24)34-13-25(14-34)19-17(10-28)20(29)40-18(19)12-39-25/h16,37H,2-9,11-15,29H2/t16-,24+/m1/s1. The third-order valence-electron chi connectivity index (χ3n) is 9.03. The summed E-state index contributed by atoms with van der Waals surface area (Å²) in [4.78, 5) is 25.1. The number of halogens is 1. The summed E-state index contributed by atoms with van der Waals surface area (Å²) < 4.78 is 20.3. The quantitative estimate of drug-likeness (QED) is 0.444. The summed E-state index contributed by atoms with van der Waals surface area (Å²) in [5, 5.41) is 20.1. The van der Waals surface area contributed by atoms with E-state index in [0.29, 0.717) is 61.4 Å². The van der Waals surface area contributed by atoms with Crippen LogP contribution in [0, 0.1) is 17.9 Å². The van der Waals surface area contributed by atoms with Crippen LogP contribution in [0.1, 0.15) is 48.1 Å². The number of nitrogens with zero attached hydrogens (tertiary/aromatic N) is 8. The van der Waals surface area contributed by atoms with Gasteiger partial charge in [-0.3, -0.25) is 14.6 Å². The van der Waals surface area contributed by atoms with Gasteiger partial charge in [0.1, 0.15) is 23.8 Å². The van der Waals surface area contributed by atoms with Gasteiger partial charge in [-0.05, 0) is 19.4 Å². The lowest BCUT2D eigenvalue weighted by atomic mass is 9.88. The number of aromatic nitrogens is 3. The molecule has 0 unspecified atom stereocenters. The molecule has 14 heteroatoms. The van der Waals surface area contributed by atoms with Gasteiger partial charge in [-0.15, -0.1) is 23.1 Å². The number of ether oxygens (including phenoxy) is 1. The number of nitrogens with two attached hydrogens (primary N) is 1. The van der Waals surface area contributed by atoms with Gasteiger partial charge in [-0.1, -0.05) is 0 Å². The number of fused-ring (bicyclic) bond motifs is 3. The fraction of sp³-hybridized carbons (Fsp3) is 0.654. The number of aliphatic hydroxyl groups excluding tert-OH is 1. The molecule has 0 aromatic carbocycles. The summed E-state index contributed by atoms with van der Waals surface area (Å²) in [5.74, 6) is 1.56. The minimum absolute atomic E-state index is 0.144. The maximum Gasteiger partial charge on any atom is 0.323 e. The second kappa shape index (κ2) is 9.31. The van der Waals surface area contributed by atoms with Crippen LogP contribution in [0.3, 0.4) is 0 Å². The van der Waals surface area contributed by atoms with Crippen molar-refractivity contribution in [3.63, 3.8) is 0 Å². The first-order chi connectivity index (χ1) is 19.3. The van der Waals surface area contributed by atoms with E-state index in [2.05, 4.69) is 25.8 Å². The van der Waals surface area contributed by atoms with Crippen LogP contribution < -0.4 is 20.3 Å². The minimum atomic E-state index is -0.864. The average molecular weight is 584 g/mol. The minimum Gasteiger partial charge on any atom is -0.461 e. The van der Waals surface area contributed by atoms with Crippen molar-refractivity contribution in [1.82, 2.24) is 19.9 Å². The van der Waals surface area contributed by atoms with E-state index in [1.807, 2.05) is 16.7 Å². The second-order valence-corrected chi connectivity index (χ2v) is 13.9. The zero-order valence-electron chi connectivity index (χ0n) is 22.0. The molecule has 0 radical (unpaired) electrons. The van der Waals surface area contributed by atoms with Crippen LogP contribution in [0.25, 0.3) is 4.85 Å². The molecule has 2 aromatic rings. The van der Waals surface area contributed by atoms with Crippen molar-refractivity contribution in [3.8, 4) is 12.1 Å². The average Bonchev–Trinajstić information content (AvgIpc) is 3.13. The molecular formula is C26H30FN9O2S2. The van der Waals surface area contributed by atoms with E-state index in [1.165, 1.54) is 11.3 Å². The highest BCUT2D eigenvalue weighted by Crippen LogP contribution is 2.58. The molecule has 3 saturated heterocycles. The number of hydrogen-bond acceptors (Lipinski definition) is 12. The normalized spacial score (nSPS) is 27.1. The Kier molecular flexibility index (Phi) is 6.06. The Morgan fingerprint density at radius 3 is 2.85 bits per heavy atom. The van der Waals surface area contributed by atoms with Crippen LogP contribution in [0.5, 0.6) is 6.01 Å². The van der Waals surface area contributed by atoms with Crippen molar-refractivity contribution in [2.45, 2.75) is 60.0 Å². The smallest absolute Gasteiger partial charge is 0.323 e. The van der Waals surface area contributed by atoms with Gasteiger partial charge < -0.3 is 20.5 Å². The third-order valence-corrected chi connectivity index (χ3v) is 11.7. The van der Waals surface area contributed by atoms with E-state index < -0.39 is 11.8 Å². The monoisotopic (exact) mass is 583 g/mol. The summed E-state index contributed by atoms with van der Waals surface area (Å²) >= 11 is 3.31. The van der Waals surface area contributed by atoms with Crippen LogP contribution in [-0.2, 0) is 10.5 Å². The summed E-state index contributed by atoms with van der Waals surface area (Å²) in [6, 6.07) is 2.44. The Hall–Kier alpha value is -2.91. The van der Waals surface area contributed by atoms with E-state index in [0.717, 1.165) is 35.6 Å². The summed E-state index contributed by atoms with van der Waals surface area (Å²) in [5.41, 5.74) is 6.64. The number of thiophene rings is 1. The molecule has 3 N–H and O–H groups in total. The van der Waals surface area contributed by atoms with Crippen LogP contribution in [-0.4, -0.2) is 88.3 Å². The fourth-order valence-electron chi connectivity index (χ4n) is 6.89. The molecule has 40 heavy (non-hydrogen) atoms. The molecule has 5 aliphatic rings. The zero-order valence-corrected chi connectivity index (χ0v) is 23.6. The van der Waals surface area contributed by atoms with Crippen molar-refractivity contribution < 1.29 is 14.2 Å². The number of alkyl halides is 1. The fourth-order valence-corrected chi connectivity index (χ4v) is 9.69. The molecule has 4 aliphatic heterocycles. The van der Waals surface area contributed by atoms with Crippen molar-refractivity contribution in [3.05, 3.63) is 27.4 Å². The zero-order chi connectivity index (χ0) is 27.7. The highest BCUT2D eigenvalue weighted by Gasteiger charge is 2.58. The van der Waals surface area contributed by atoms with Crippen molar-refractivity contribution in [1.29, 1.82) is 5.26 Å². The number of thioether (sulfide) groups is 1. The van der Waals surface area contributed by atoms with E-state index in [-0.39, 0.29) is 36.1 Å². The first kappa shape index (κ1) is 26.0. The van der Waals surface area contributed by atoms with Gasteiger partial charge in [-0.2, -0.15) is 20.2 Å². The van der Waals surface area contributed by atoms with E-state index in [1.54, 1.807) is 4.90 Å². The molecule has 1 aliphatic carbocycles. The van der Waals surface area contributed by atoms with Crippen LogP contribution in [0.2, 0.25) is 0 Å². The van der Waals surface area contributed by atoms with Crippen molar-refractivity contribution in [2.75, 3.05) is 61.5 Å². The highest BCUT2D eigenvalue weighted by molar-refractivity contribution is 8.00. The van der Waals surface area contributed by atoms with Gasteiger partial charge in [0.2, 0.25) is 11.9 Å². The molecule has 6 heterocycles. The lowest BCUT2D eigenvalue weighted by Gasteiger charge is -2.47. The number of aliphatic hydroxyl groups is 1. The van der Waals surface area contributed by atoms with Crippen molar-refractivity contribution in [2.24, 2.45) is 0 Å². The van der Waals surface area contributed by atoms with Crippen LogP contribution in [0.15, 0.2) is 0 Å². The molecule has 210 valence electrons. The van der Waals surface area contributed by atoms with Crippen LogP contribution in [0.4, 0.5) is 21.3 Å². The molecule has 2 atom stereocenters. The summed E-state index contributed by atoms with van der Waals surface area (Å²) in [7, 11) is 0. The van der Waals surface area contributed by atoms with Gasteiger partial charge in [0, 0.05) is 42.2 Å². The number of rotatable bonds is 8. The predicted octanol–water partition coefficient (Wildman–Crippen LogP) is 2.51. The molecule has 1 saturated carbocycles. The lowest BCUT2D eigenvalue weighted by Crippen LogP contribution is -2.57. The Morgan fingerprint density at radius 2 is 2.12 bits per heavy atom. The molecular weight excluding hydrogens is 553 g/mol. The predicted molar refractivity (Wildman–Crippen MR) is 150 cm³/mol. The Morgan fingerprint density at radius 1 is 1.30 bits per heavy atom. The molecule has 2 aromatic heterocycles. The van der Waals surface area contributed by atoms with E-state index in [4.69, 9.17) is 22.0 Å². The number of nitriles is 1. The SMILES string of the molecule is [C-]#[N+]C1(N(CCO)c2nc(OC[C@@]34CCCN3C[C@H](F)C4)nc(N3CC4(C3)SCc3sc(N)c(C#N)c34)n2)CC1. The Balaban J connectivity index is 1.19. The number of anilines is 3. The van der Waals surface area contributed by atoms with Gasteiger partial charge in [0.05, 0.1) is 41.8 Å². The van der Waals surface area contributed by atoms with E-state index in [9.17, 15) is 14.8 Å². The van der Waals surface area contributed by atoms with Gasteiger partial charge in [0.25, 0.3) is 0 Å². The second-order valence-electron chi connectivity index (χ2n) is 11.4. The molecule has 0 amide bonds. The topological polar surface area (TPSA) is 132 Å². The first-order valence-corrected chi connectivity index (χ1v) is 15.4. The third kappa shape index (κ3) is 3.91. The molecule has 7 rings (SSSR count). The van der Waals surface area contributed by atoms with E-state index >= 15 is 0 Å². The molecule has 1 spiro atoms. The maximum atomic E-state index is 14.3. The summed E-state index contributed by atoms with van der Waals surface area (Å²) in [6.45, 7) is 10.6. The van der Waals surface area contributed by atoms with Gasteiger partial charge in [0.15, 0.2) is 0 Å². The van der Waals surface area contributed by atoms with Gasteiger partial charge in [-0.25, -0.2) is 11.0 Å². The Bertz CT molecular complexity index is 1430. The summed E-state index contributed by atoms with van der Waals surface area (Å²) in [6.07, 6.45) is 2.80.